The van der Waals surface area contributed by atoms with Gasteiger partial charge in [-0.15, -0.1) is 11.8 Å². The second-order valence-electron chi connectivity index (χ2n) is 6.83. The van der Waals surface area contributed by atoms with Crippen molar-refractivity contribution < 1.29 is 14.3 Å². The molecule has 0 saturated heterocycles. The normalized spacial score (nSPS) is 11.6. The third kappa shape index (κ3) is 7.26. The lowest BCUT2D eigenvalue weighted by Gasteiger charge is -2.30. The number of nitrogens with one attached hydrogen (secondary N) is 1. The zero-order chi connectivity index (χ0) is 21.9. The molecule has 0 aliphatic heterocycles. The van der Waals surface area contributed by atoms with Gasteiger partial charge >= 0.3 is 0 Å². The van der Waals surface area contributed by atoms with E-state index in [1.165, 1.54) is 11.8 Å². The molecule has 0 bridgehead atoms. The molecule has 0 heterocycles. The quantitative estimate of drug-likeness (QED) is 0.503. The number of carbonyl (C=O) groups is 2. The van der Waals surface area contributed by atoms with E-state index < -0.39 is 6.04 Å². The molecule has 162 valence electrons. The Balaban J connectivity index is 2.20. The number of ether oxygens (including phenoxy) is 1. The number of hydrogen-bond acceptors (Lipinski definition) is 4. The van der Waals surface area contributed by atoms with Crippen molar-refractivity contribution in [2.24, 2.45) is 0 Å². The van der Waals surface area contributed by atoms with E-state index in [2.05, 4.69) is 5.32 Å². The monoisotopic (exact) mass is 448 g/mol. The lowest BCUT2D eigenvalue weighted by molar-refractivity contribution is -0.139. The Morgan fingerprint density at radius 3 is 2.53 bits per heavy atom. The Bertz CT molecular complexity index is 829. The maximum Gasteiger partial charge on any atom is 0.242 e. The van der Waals surface area contributed by atoms with Gasteiger partial charge in [0.2, 0.25) is 11.8 Å². The van der Waals surface area contributed by atoms with Crippen LogP contribution in [0.5, 0.6) is 5.75 Å². The number of methoxy groups -OCH3 is 1. The van der Waals surface area contributed by atoms with Crippen molar-refractivity contribution in [3.05, 3.63) is 59.1 Å². The van der Waals surface area contributed by atoms with Crippen LogP contribution in [0.3, 0.4) is 0 Å². The Labute approximate surface area is 188 Å². The van der Waals surface area contributed by atoms with Crippen LogP contribution in [0.25, 0.3) is 0 Å². The Kier molecular flexibility index (Phi) is 10.0. The molecule has 2 rings (SSSR count). The van der Waals surface area contributed by atoms with E-state index in [1.54, 1.807) is 24.1 Å². The van der Waals surface area contributed by atoms with Gasteiger partial charge in [0, 0.05) is 23.0 Å². The minimum atomic E-state index is -0.527. The number of carbonyl (C=O) groups excluding carboxylic acids is 2. The first-order valence-corrected chi connectivity index (χ1v) is 11.4. The van der Waals surface area contributed by atoms with Gasteiger partial charge < -0.3 is 15.0 Å². The summed E-state index contributed by atoms with van der Waals surface area (Å²) in [5.74, 6) is 0.755. The van der Waals surface area contributed by atoms with Gasteiger partial charge in [-0.2, -0.15) is 0 Å². The molecule has 2 amide bonds. The highest BCUT2D eigenvalue weighted by molar-refractivity contribution is 8.00. The summed E-state index contributed by atoms with van der Waals surface area (Å²) in [7, 11) is 1.61. The van der Waals surface area contributed by atoms with Gasteiger partial charge in [-0.3, -0.25) is 9.59 Å². The molecular weight excluding hydrogens is 420 g/mol. The van der Waals surface area contributed by atoms with Gasteiger partial charge in [0.25, 0.3) is 0 Å². The lowest BCUT2D eigenvalue weighted by Crippen LogP contribution is -2.49. The molecular formula is C23H29ClN2O3S. The zero-order valence-corrected chi connectivity index (χ0v) is 19.3. The van der Waals surface area contributed by atoms with Crippen LogP contribution < -0.4 is 10.1 Å². The molecule has 0 aliphatic carbocycles. The summed E-state index contributed by atoms with van der Waals surface area (Å²) < 4.78 is 5.30. The fraction of sp³-hybridized carbons (Fsp3) is 0.391. The molecule has 30 heavy (non-hydrogen) atoms. The zero-order valence-electron chi connectivity index (χ0n) is 17.7. The van der Waals surface area contributed by atoms with E-state index in [4.69, 9.17) is 16.3 Å². The average molecular weight is 449 g/mol. The van der Waals surface area contributed by atoms with Crippen LogP contribution in [0.2, 0.25) is 5.02 Å². The van der Waals surface area contributed by atoms with Gasteiger partial charge in [-0.25, -0.2) is 0 Å². The van der Waals surface area contributed by atoms with Crippen molar-refractivity contribution in [3.63, 3.8) is 0 Å². The number of thioether (sulfide) groups is 1. The minimum absolute atomic E-state index is 0.0868. The predicted molar refractivity (Wildman–Crippen MR) is 123 cm³/mol. The molecule has 1 N–H and O–H groups in total. The van der Waals surface area contributed by atoms with E-state index in [9.17, 15) is 9.59 Å². The average Bonchev–Trinajstić information content (AvgIpc) is 2.77. The van der Waals surface area contributed by atoms with Gasteiger partial charge in [0.05, 0.1) is 12.9 Å². The van der Waals surface area contributed by atoms with Crippen LogP contribution in [0, 0.1) is 0 Å². The molecule has 2 aromatic rings. The number of amides is 2. The molecule has 7 heteroatoms. The molecule has 0 aromatic heterocycles. The fourth-order valence-corrected chi connectivity index (χ4v) is 3.92. The second kappa shape index (κ2) is 12.5. The highest BCUT2D eigenvalue weighted by Crippen LogP contribution is 2.23. The van der Waals surface area contributed by atoms with Crippen molar-refractivity contribution >= 4 is 35.2 Å². The van der Waals surface area contributed by atoms with Crippen LogP contribution in [-0.2, 0) is 16.1 Å². The van der Waals surface area contributed by atoms with Crippen molar-refractivity contribution in [1.29, 1.82) is 0 Å². The van der Waals surface area contributed by atoms with Gasteiger partial charge in [-0.05, 0) is 54.8 Å². The minimum Gasteiger partial charge on any atom is -0.497 e. The van der Waals surface area contributed by atoms with Crippen molar-refractivity contribution in [3.8, 4) is 5.75 Å². The second-order valence-corrected chi connectivity index (χ2v) is 8.32. The Morgan fingerprint density at radius 2 is 1.90 bits per heavy atom. The summed E-state index contributed by atoms with van der Waals surface area (Å²) >= 11 is 7.37. The smallest absolute Gasteiger partial charge is 0.242 e. The van der Waals surface area contributed by atoms with Gasteiger partial charge in [-0.1, -0.05) is 37.6 Å². The van der Waals surface area contributed by atoms with E-state index >= 15 is 0 Å². The molecule has 1 atom stereocenters. The summed E-state index contributed by atoms with van der Waals surface area (Å²) in [5, 5.41) is 3.58. The fourth-order valence-electron chi connectivity index (χ4n) is 3.01. The Morgan fingerprint density at radius 1 is 1.17 bits per heavy atom. The van der Waals surface area contributed by atoms with Crippen molar-refractivity contribution in [2.75, 3.05) is 19.4 Å². The lowest BCUT2D eigenvalue weighted by atomic mass is 10.1. The molecule has 0 unspecified atom stereocenters. The third-order valence-electron chi connectivity index (χ3n) is 4.60. The molecule has 0 aliphatic rings. The molecule has 2 aromatic carbocycles. The summed E-state index contributed by atoms with van der Waals surface area (Å²) in [6, 6.07) is 14.4. The number of hydrogen-bond donors (Lipinski definition) is 1. The summed E-state index contributed by atoms with van der Waals surface area (Å²) in [5.41, 5.74) is 0.918. The summed E-state index contributed by atoms with van der Waals surface area (Å²) in [6.07, 6.45) is 1.38. The van der Waals surface area contributed by atoms with Crippen molar-refractivity contribution in [1.82, 2.24) is 10.2 Å². The SMILES string of the molecule is CCCNC(=O)[C@@H](CC)N(Cc1cccc(OC)c1)C(=O)CSc1ccc(Cl)cc1. The van der Waals surface area contributed by atoms with Crippen LogP contribution in [-0.4, -0.2) is 42.2 Å². The van der Waals surface area contributed by atoms with Crippen LogP contribution in [0.4, 0.5) is 0 Å². The maximum absolute atomic E-state index is 13.2. The van der Waals surface area contributed by atoms with E-state index in [0.29, 0.717) is 24.5 Å². The molecule has 0 radical (unpaired) electrons. The molecule has 0 fully saturated rings. The molecule has 0 saturated carbocycles. The summed E-state index contributed by atoms with van der Waals surface area (Å²) in [6.45, 7) is 4.86. The van der Waals surface area contributed by atoms with Crippen LogP contribution >= 0.6 is 23.4 Å². The van der Waals surface area contributed by atoms with Crippen LogP contribution in [0.15, 0.2) is 53.4 Å². The van der Waals surface area contributed by atoms with Gasteiger partial charge in [0.1, 0.15) is 11.8 Å². The highest BCUT2D eigenvalue weighted by Gasteiger charge is 2.28. The number of benzene rings is 2. The third-order valence-corrected chi connectivity index (χ3v) is 5.85. The molecule has 5 nitrogen and oxygen atoms in total. The number of halogens is 1. The van der Waals surface area contributed by atoms with Gasteiger partial charge in [0.15, 0.2) is 0 Å². The van der Waals surface area contributed by atoms with Crippen LogP contribution in [0.1, 0.15) is 32.3 Å². The standard InChI is InChI=1S/C23H29ClN2O3S/c1-4-13-25-23(28)21(5-2)26(15-17-7-6-8-19(14-17)29-3)22(27)16-30-20-11-9-18(24)10-12-20/h6-12,14,21H,4-5,13,15-16H2,1-3H3,(H,25,28)/t21-/m1/s1. The van der Waals surface area contributed by atoms with E-state index in [1.807, 2.05) is 50.2 Å². The molecule has 0 spiro atoms. The highest BCUT2D eigenvalue weighted by atomic mass is 35.5. The largest absolute Gasteiger partial charge is 0.497 e. The first-order chi connectivity index (χ1) is 14.5. The topological polar surface area (TPSA) is 58.6 Å². The number of nitrogens with zero attached hydrogens (tertiary/aromatic N) is 1. The Hall–Kier alpha value is -2.18. The van der Waals surface area contributed by atoms with E-state index in [-0.39, 0.29) is 17.6 Å². The van der Waals surface area contributed by atoms with Crippen molar-refractivity contribution in [2.45, 2.75) is 44.2 Å². The first kappa shape index (κ1) is 24.1. The predicted octanol–water partition coefficient (Wildman–Crippen LogP) is 4.77. The van der Waals surface area contributed by atoms with E-state index in [0.717, 1.165) is 22.6 Å². The summed E-state index contributed by atoms with van der Waals surface area (Å²) in [4.78, 5) is 28.6. The first-order valence-electron chi connectivity index (χ1n) is 10.1. The number of rotatable bonds is 11. The maximum atomic E-state index is 13.2.